The molecule has 1 N–H and O–H groups in total. The van der Waals surface area contributed by atoms with Gasteiger partial charge in [-0.05, 0) is 66.9 Å². The van der Waals surface area contributed by atoms with E-state index in [0.717, 1.165) is 27.1 Å². The summed E-state index contributed by atoms with van der Waals surface area (Å²) in [4.78, 5) is 12.3. The smallest absolute Gasteiger partial charge is 0.307 e. The molecule has 0 unspecified atom stereocenters. The standard InChI is InChI=1S/C18H16ClNO3S/c1-11-15(10-18(21)22)16-9-13(23-2)5-8-17(16)20(11)24-14-6-3-12(19)4-7-14/h3-9H,10H2,1-2H3,(H,21,22). The lowest BCUT2D eigenvalue weighted by Crippen LogP contribution is -2.01. The number of hydrogen-bond acceptors (Lipinski definition) is 3. The van der Waals surface area contributed by atoms with E-state index < -0.39 is 5.97 Å². The molecule has 1 heterocycles. The van der Waals surface area contributed by atoms with Crippen molar-refractivity contribution in [3.05, 3.63) is 58.7 Å². The molecule has 0 radical (unpaired) electrons. The third-order valence-electron chi connectivity index (χ3n) is 3.83. The maximum atomic E-state index is 11.3. The molecule has 124 valence electrons. The number of aliphatic carboxylic acids is 1. The highest BCUT2D eigenvalue weighted by Gasteiger charge is 2.18. The highest BCUT2D eigenvalue weighted by molar-refractivity contribution is 7.98. The van der Waals surface area contributed by atoms with Gasteiger partial charge in [0.15, 0.2) is 0 Å². The van der Waals surface area contributed by atoms with Crippen LogP contribution >= 0.6 is 23.5 Å². The number of benzene rings is 2. The lowest BCUT2D eigenvalue weighted by atomic mass is 10.1. The highest BCUT2D eigenvalue weighted by Crippen LogP contribution is 2.35. The van der Waals surface area contributed by atoms with Crippen LogP contribution in [0, 0.1) is 6.92 Å². The van der Waals surface area contributed by atoms with Gasteiger partial charge in [0.25, 0.3) is 0 Å². The van der Waals surface area contributed by atoms with Gasteiger partial charge in [0.1, 0.15) is 5.75 Å². The molecule has 6 heteroatoms. The molecule has 3 rings (SSSR count). The maximum Gasteiger partial charge on any atom is 0.307 e. The predicted octanol–water partition coefficient (Wildman–Crippen LogP) is 4.79. The molecule has 1 aromatic heterocycles. The summed E-state index contributed by atoms with van der Waals surface area (Å²) in [7, 11) is 1.60. The first-order chi connectivity index (χ1) is 11.5. The first-order valence-electron chi connectivity index (χ1n) is 7.33. The Hall–Kier alpha value is -2.11. The fourth-order valence-electron chi connectivity index (χ4n) is 2.65. The number of nitrogens with zero attached hydrogens (tertiary/aromatic N) is 1. The summed E-state index contributed by atoms with van der Waals surface area (Å²) >= 11 is 7.48. The molecule has 0 aliphatic carbocycles. The van der Waals surface area contributed by atoms with E-state index in [1.807, 2.05) is 49.4 Å². The number of halogens is 1. The van der Waals surface area contributed by atoms with Crippen LogP contribution in [0.25, 0.3) is 10.9 Å². The van der Waals surface area contributed by atoms with Crippen molar-refractivity contribution >= 4 is 40.4 Å². The van der Waals surface area contributed by atoms with Crippen molar-refractivity contribution in [2.45, 2.75) is 18.2 Å². The lowest BCUT2D eigenvalue weighted by molar-refractivity contribution is -0.136. The van der Waals surface area contributed by atoms with Gasteiger partial charge in [-0.3, -0.25) is 8.77 Å². The van der Waals surface area contributed by atoms with Crippen LogP contribution in [0.3, 0.4) is 0 Å². The Morgan fingerprint density at radius 1 is 1.25 bits per heavy atom. The SMILES string of the molecule is COc1ccc2c(c1)c(CC(=O)O)c(C)n2Sc1ccc(Cl)cc1. The number of hydrogen-bond donors (Lipinski definition) is 1. The average molecular weight is 362 g/mol. The Morgan fingerprint density at radius 3 is 2.58 bits per heavy atom. The number of carboxylic acids is 1. The van der Waals surface area contributed by atoms with Crippen LogP contribution in [0.5, 0.6) is 5.75 Å². The van der Waals surface area contributed by atoms with Crippen LogP contribution in [0.2, 0.25) is 5.02 Å². The highest BCUT2D eigenvalue weighted by atomic mass is 35.5. The largest absolute Gasteiger partial charge is 0.497 e. The Bertz CT molecular complexity index is 903. The maximum absolute atomic E-state index is 11.3. The monoisotopic (exact) mass is 361 g/mol. The molecule has 0 atom stereocenters. The van der Waals surface area contributed by atoms with Crippen LogP contribution in [-0.4, -0.2) is 22.2 Å². The average Bonchev–Trinajstić information content (AvgIpc) is 2.81. The minimum atomic E-state index is -0.850. The van der Waals surface area contributed by atoms with Crippen molar-refractivity contribution < 1.29 is 14.6 Å². The minimum Gasteiger partial charge on any atom is -0.497 e. The predicted molar refractivity (Wildman–Crippen MR) is 97.3 cm³/mol. The molecule has 0 bridgehead atoms. The molecule has 24 heavy (non-hydrogen) atoms. The summed E-state index contributed by atoms with van der Waals surface area (Å²) < 4.78 is 7.34. The number of carbonyl (C=O) groups is 1. The van der Waals surface area contributed by atoms with Gasteiger partial charge in [0.05, 0.1) is 19.0 Å². The van der Waals surface area contributed by atoms with Gasteiger partial charge in [-0.2, -0.15) is 0 Å². The fourth-order valence-corrected chi connectivity index (χ4v) is 3.75. The summed E-state index contributed by atoms with van der Waals surface area (Å²) in [5.74, 6) is -0.140. The van der Waals surface area contributed by atoms with Gasteiger partial charge in [0, 0.05) is 21.0 Å². The quantitative estimate of drug-likeness (QED) is 0.709. The molecule has 0 spiro atoms. The molecule has 2 aromatic carbocycles. The van der Waals surface area contributed by atoms with Crippen LogP contribution in [-0.2, 0) is 11.2 Å². The van der Waals surface area contributed by atoms with E-state index in [9.17, 15) is 9.90 Å². The van der Waals surface area contributed by atoms with Crippen molar-refractivity contribution in [2.75, 3.05) is 7.11 Å². The third-order valence-corrected chi connectivity index (χ3v) is 5.22. The molecule has 0 amide bonds. The summed E-state index contributed by atoms with van der Waals surface area (Å²) in [6.45, 7) is 1.94. The number of methoxy groups -OCH3 is 1. The van der Waals surface area contributed by atoms with E-state index in [4.69, 9.17) is 16.3 Å². The number of ether oxygens (including phenoxy) is 1. The molecule has 0 aliphatic heterocycles. The molecule has 3 aromatic rings. The Kier molecular flexibility index (Phi) is 4.73. The number of carboxylic acid groups (broad SMARTS) is 1. The zero-order valence-electron chi connectivity index (χ0n) is 13.2. The topological polar surface area (TPSA) is 51.5 Å². The molecule has 0 aliphatic rings. The van der Waals surface area contributed by atoms with Crippen molar-refractivity contribution in [1.29, 1.82) is 0 Å². The van der Waals surface area contributed by atoms with Gasteiger partial charge >= 0.3 is 5.97 Å². The van der Waals surface area contributed by atoms with Crippen molar-refractivity contribution in [2.24, 2.45) is 0 Å². The summed E-state index contributed by atoms with van der Waals surface area (Å²) in [5, 5.41) is 10.8. The van der Waals surface area contributed by atoms with Crippen LogP contribution in [0.1, 0.15) is 11.3 Å². The van der Waals surface area contributed by atoms with Crippen molar-refractivity contribution in [3.63, 3.8) is 0 Å². The summed E-state index contributed by atoms with van der Waals surface area (Å²) in [6, 6.07) is 13.3. The Morgan fingerprint density at radius 2 is 1.96 bits per heavy atom. The summed E-state index contributed by atoms with van der Waals surface area (Å²) in [5.41, 5.74) is 2.68. The zero-order valence-corrected chi connectivity index (χ0v) is 14.8. The number of aromatic nitrogens is 1. The van der Waals surface area contributed by atoms with Crippen molar-refractivity contribution in [1.82, 2.24) is 3.97 Å². The van der Waals surface area contributed by atoms with Gasteiger partial charge < -0.3 is 9.84 Å². The normalized spacial score (nSPS) is 11.0. The third kappa shape index (κ3) is 3.23. The van der Waals surface area contributed by atoms with Crippen molar-refractivity contribution in [3.8, 4) is 5.75 Å². The van der Waals surface area contributed by atoms with Gasteiger partial charge in [0.2, 0.25) is 0 Å². The van der Waals surface area contributed by atoms with Gasteiger partial charge in [-0.1, -0.05) is 11.6 Å². The molecule has 0 saturated carbocycles. The van der Waals surface area contributed by atoms with E-state index in [0.29, 0.717) is 10.8 Å². The van der Waals surface area contributed by atoms with Crippen LogP contribution in [0.4, 0.5) is 0 Å². The first-order valence-corrected chi connectivity index (χ1v) is 8.48. The summed E-state index contributed by atoms with van der Waals surface area (Å²) in [6.07, 6.45) is -0.0241. The molecule has 4 nitrogen and oxygen atoms in total. The molecule has 0 fully saturated rings. The second kappa shape index (κ2) is 6.79. The molecular weight excluding hydrogens is 346 g/mol. The van der Waals surface area contributed by atoms with Gasteiger partial charge in [-0.15, -0.1) is 0 Å². The Balaban J connectivity index is 2.14. The first kappa shape index (κ1) is 16.7. The van der Waals surface area contributed by atoms with Crippen LogP contribution in [0.15, 0.2) is 47.4 Å². The van der Waals surface area contributed by atoms with E-state index in [2.05, 4.69) is 3.97 Å². The Labute approximate surface area is 149 Å². The lowest BCUT2D eigenvalue weighted by Gasteiger charge is -2.08. The minimum absolute atomic E-state index is 0.0241. The number of rotatable bonds is 5. The molecular formula is C18H16ClNO3S. The molecule has 0 saturated heterocycles. The second-order valence-corrected chi connectivity index (χ2v) is 6.81. The second-order valence-electron chi connectivity index (χ2n) is 5.36. The van der Waals surface area contributed by atoms with E-state index in [-0.39, 0.29) is 6.42 Å². The zero-order chi connectivity index (χ0) is 17.3. The number of fused-ring (bicyclic) bond motifs is 1. The van der Waals surface area contributed by atoms with E-state index in [1.54, 1.807) is 7.11 Å². The van der Waals surface area contributed by atoms with Crippen LogP contribution < -0.4 is 4.74 Å². The van der Waals surface area contributed by atoms with Gasteiger partial charge in [-0.25, -0.2) is 0 Å². The fraction of sp³-hybridized carbons (Fsp3) is 0.167. The van der Waals surface area contributed by atoms with E-state index >= 15 is 0 Å². The van der Waals surface area contributed by atoms with E-state index in [1.165, 1.54) is 11.9 Å².